The fourth-order valence-electron chi connectivity index (χ4n) is 4.06. The van der Waals surface area contributed by atoms with Crippen LogP contribution in [0.15, 0.2) is 99.9 Å². The van der Waals surface area contributed by atoms with Crippen LogP contribution in [0, 0.1) is 5.82 Å². The molecule has 0 fully saturated rings. The van der Waals surface area contributed by atoms with Crippen LogP contribution >= 0.6 is 11.3 Å². The minimum Gasteiger partial charge on any atom is -0.508 e. The van der Waals surface area contributed by atoms with Crippen molar-refractivity contribution in [1.29, 1.82) is 0 Å². The first-order chi connectivity index (χ1) is 16.9. The molecule has 2 N–H and O–H groups in total. The number of nitrogens with one attached hydrogen (secondary N) is 1. The van der Waals surface area contributed by atoms with Crippen molar-refractivity contribution in [3.05, 3.63) is 127 Å². The topological polar surface area (TPSA) is 83.7 Å². The van der Waals surface area contributed by atoms with Crippen molar-refractivity contribution in [3.63, 3.8) is 0 Å². The lowest BCUT2D eigenvalue weighted by Gasteiger charge is -2.25. The number of phenols is 1. The monoisotopic (exact) mass is 485 g/mol. The molecule has 0 unspecified atom stereocenters. The second-order valence-electron chi connectivity index (χ2n) is 8.05. The molecule has 5 rings (SSSR count). The van der Waals surface area contributed by atoms with Crippen molar-refractivity contribution < 1.29 is 14.3 Å². The molecule has 1 amide bonds. The molecule has 35 heavy (non-hydrogen) atoms. The third kappa shape index (κ3) is 4.43. The average Bonchev–Trinajstić information content (AvgIpc) is 3.13. The number of hydrogen-bond acceptors (Lipinski definition) is 5. The quantitative estimate of drug-likeness (QED) is 0.462. The second kappa shape index (κ2) is 9.15. The lowest BCUT2D eigenvalue weighted by atomic mass is 9.95. The number of benzene rings is 3. The molecule has 1 aliphatic rings. The average molecular weight is 486 g/mol. The van der Waals surface area contributed by atoms with Gasteiger partial charge in [0.05, 0.1) is 21.8 Å². The first-order valence-electron chi connectivity index (χ1n) is 10.8. The highest BCUT2D eigenvalue weighted by molar-refractivity contribution is 7.07. The van der Waals surface area contributed by atoms with Gasteiger partial charge in [0, 0.05) is 5.69 Å². The summed E-state index contributed by atoms with van der Waals surface area (Å²) in [6.45, 7) is 1.72. The smallest absolute Gasteiger partial charge is 0.271 e. The minimum atomic E-state index is -0.790. The zero-order valence-corrected chi connectivity index (χ0v) is 19.4. The van der Waals surface area contributed by atoms with E-state index in [9.17, 15) is 19.1 Å². The predicted molar refractivity (Wildman–Crippen MR) is 133 cm³/mol. The van der Waals surface area contributed by atoms with Crippen LogP contribution < -0.4 is 20.2 Å². The van der Waals surface area contributed by atoms with Crippen LogP contribution in [0.5, 0.6) is 5.75 Å². The summed E-state index contributed by atoms with van der Waals surface area (Å²) in [5.41, 5.74) is 2.30. The fourth-order valence-corrected chi connectivity index (χ4v) is 5.10. The molecular formula is C27H20FN3O3S. The standard InChI is InChI=1S/C27H20FN3O3S/c1-16-23(25(33)30-20-7-3-2-4-8-20)24(18-10-12-19(28)13-11-18)31-26(34)22(35-27(31)29-16)15-17-6-5-9-21(32)14-17/h2-15,24,32H,1H3,(H,30,33)/b22-15+/t24-/m0/s1. The van der Waals surface area contributed by atoms with E-state index in [0.717, 1.165) is 0 Å². The van der Waals surface area contributed by atoms with Gasteiger partial charge in [-0.25, -0.2) is 9.38 Å². The molecule has 174 valence electrons. The summed E-state index contributed by atoms with van der Waals surface area (Å²) in [5, 5.41) is 12.7. The third-order valence-corrected chi connectivity index (χ3v) is 6.63. The van der Waals surface area contributed by atoms with Gasteiger partial charge < -0.3 is 10.4 Å². The molecule has 0 spiro atoms. The van der Waals surface area contributed by atoms with Gasteiger partial charge in [0.2, 0.25) is 0 Å². The molecule has 4 aromatic rings. The molecule has 3 aromatic carbocycles. The van der Waals surface area contributed by atoms with Crippen molar-refractivity contribution in [2.24, 2.45) is 4.99 Å². The Morgan fingerprint density at radius 3 is 2.54 bits per heavy atom. The molecule has 8 heteroatoms. The van der Waals surface area contributed by atoms with Gasteiger partial charge >= 0.3 is 0 Å². The third-order valence-electron chi connectivity index (χ3n) is 5.65. The largest absolute Gasteiger partial charge is 0.508 e. The number of carbonyl (C=O) groups excluding carboxylic acids is 1. The number of nitrogens with zero attached hydrogens (tertiary/aromatic N) is 2. The number of fused-ring (bicyclic) bond motifs is 1. The maximum atomic E-state index is 13.7. The summed E-state index contributed by atoms with van der Waals surface area (Å²) < 4.78 is 15.6. The number of aromatic hydroxyl groups is 1. The molecule has 2 heterocycles. The van der Waals surface area contributed by atoms with E-state index in [0.29, 0.717) is 37.4 Å². The van der Waals surface area contributed by atoms with Crippen molar-refractivity contribution in [1.82, 2.24) is 4.57 Å². The van der Waals surface area contributed by atoms with E-state index in [2.05, 4.69) is 10.3 Å². The Morgan fingerprint density at radius 1 is 1.09 bits per heavy atom. The van der Waals surface area contributed by atoms with E-state index in [1.54, 1.807) is 61.5 Å². The van der Waals surface area contributed by atoms with Crippen LogP contribution in [0.25, 0.3) is 6.08 Å². The van der Waals surface area contributed by atoms with Crippen LogP contribution in [-0.2, 0) is 4.79 Å². The van der Waals surface area contributed by atoms with Gasteiger partial charge in [-0.15, -0.1) is 0 Å². The SMILES string of the molecule is CC1=C(C(=O)Nc2ccccc2)[C@H](c2ccc(F)cc2)n2c(s/c(=C/c3cccc(O)c3)c2=O)=N1. The van der Waals surface area contributed by atoms with Crippen molar-refractivity contribution >= 4 is 29.0 Å². The number of anilines is 1. The molecule has 0 aliphatic carbocycles. The molecule has 0 saturated carbocycles. The van der Waals surface area contributed by atoms with Gasteiger partial charge in [0.1, 0.15) is 11.6 Å². The highest BCUT2D eigenvalue weighted by atomic mass is 32.1. The number of phenolic OH excluding ortho intramolecular Hbond substituents is 1. The number of rotatable bonds is 4. The van der Waals surface area contributed by atoms with Gasteiger partial charge in [0.15, 0.2) is 4.80 Å². The molecule has 0 radical (unpaired) electrons. The Morgan fingerprint density at radius 2 is 1.83 bits per heavy atom. The summed E-state index contributed by atoms with van der Waals surface area (Å²) in [4.78, 5) is 32.0. The maximum Gasteiger partial charge on any atom is 0.271 e. The molecule has 0 bridgehead atoms. The van der Waals surface area contributed by atoms with Gasteiger partial charge in [-0.05, 0) is 60.5 Å². The number of halogens is 1. The zero-order chi connectivity index (χ0) is 24.5. The Labute approximate surface area is 203 Å². The van der Waals surface area contributed by atoms with E-state index < -0.39 is 17.8 Å². The maximum absolute atomic E-state index is 13.7. The van der Waals surface area contributed by atoms with Crippen molar-refractivity contribution in [2.75, 3.05) is 5.32 Å². The van der Waals surface area contributed by atoms with Gasteiger partial charge in [0.25, 0.3) is 11.5 Å². The lowest BCUT2D eigenvalue weighted by molar-refractivity contribution is -0.113. The Hall–Kier alpha value is -4.30. The lowest BCUT2D eigenvalue weighted by Crippen LogP contribution is -2.40. The number of allylic oxidation sites excluding steroid dienone is 1. The summed E-state index contributed by atoms with van der Waals surface area (Å²) in [6, 6.07) is 20.5. The fraction of sp³-hybridized carbons (Fsp3) is 0.0741. The predicted octanol–water partition coefficient (Wildman–Crippen LogP) is 3.72. The molecule has 6 nitrogen and oxygen atoms in total. The molecule has 1 aliphatic heterocycles. The molecular weight excluding hydrogens is 465 g/mol. The van der Waals surface area contributed by atoms with Crippen LogP contribution in [-0.4, -0.2) is 15.6 Å². The first-order valence-corrected chi connectivity index (χ1v) is 11.7. The van der Waals surface area contributed by atoms with E-state index in [1.807, 2.05) is 18.2 Å². The Balaban J connectivity index is 1.68. The normalized spacial score (nSPS) is 15.5. The first kappa shape index (κ1) is 22.5. The number of thiazole rings is 1. The highest BCUT2D eigenvalue weighted by Gasteiger charge is 2.32. The number of hydrogen-bond donors (Lipinski definition) is 2. The van der Waals surface area contributed by atoms with E-state index in [-0.39, 0.29) is 11.3 Å². The highest BCUT2D eigenvalue weighted by Crippen LogP contribution is 2.31. The molecule has 1 aromatic heterocycles. The second-order valence-corrected chi connectivity index (χ2v) is 9.06. The number of para-hydroxylation sites is 1. The van der Waals surface area contributed by atoms with Crippen LogP contribution in [0.2, 0.25) is 0 Å². The summed E-state index contributed by atoms with van der Waals surface area (Å²) in [7, 11) is 0. The van der Waals surface area contributed by atoms with Gasteiger partial charge in [-0.1, -0.05) is 53.8 Å². The summed E-state index contributed by atoms with van der Waals surface area (Å²) in [6.07, 6.45) is 1.67. The zero-order valence-electron chi connectivity index (χ0n) is 18.6. The van der Waals surface area contributed by atoms with E-state index >= 15 is 0 Å². The van der Waals surface area contributed by atoms with E-state index in [4.69, 9.17) is 0 Å². The van der Waals surface area contributed by atoms with Crippen LogP contribution in [0.1, 0.15) is 24.1 Å². The van der Waals surface area contributed by atoms with Crippen molar-refractivity contribution in [3.8, 4) is 5.75 Å². The number of carbonyl (C=O) groups is 1. The summed E-state index contributed by atoms with van der Waals surface area (Å²) in [5.74, 6) is -0.721. The van der Waals surface area contributed by atoms with Crippen LogP contribution in [0.4, 0.5) is 10.1 Å². The van der Waals surface area contributed by atoms with Gasteiger partial charge in [-0.3, -0.25) is 14.2 Å². The summed E-state index contributed by atoms with van der Waals surface area (Å²) >= 11 is 1.19. The van der Waals surface area contributed by atoms with Crippen molar-refractivity contribution in [2.45, 2.75) is 13.0 Å². The van der Waals surface area contributed by atoms with E-state index in [1.165, 1.54) is 28.0 Å². The molecule has 1 atom stereocenters. The van der Waals surface area contributed by atoms with Gasteiger partial charge in [-0.2, -0.15) is 0 Å². The molecule has 0 saturated heterocycles. The minimum absolute atomic E-state index is 0.0893. The Bertz CT molecular complexity index is 1640. The number of amides is 1. The number of aromatic nitrogens is 1. The Kier molecular flexibility index (Phi) is 5.88. The van der Waals surface area contributed by atoms with Crippen LogP contribution in [0.3, 0.4) is 0 Å².